The number of methoxy groups -OCH3 is 1. The summed E-state index contributed by atoms with van der Waals surface area (Å²) in [6.45, 7) is 5.31. The van der Waals surface area contributed by atoms with Crippen molar-refractivity contribution in [3.63, 3.8) is 0 Å². The second-order valence-corrected chi connectivity index (χ2v) is 12.1. The van der Waals surface area contributed by atoms with Crippen LogP contribution in [0.3, 0.4) is 0 Å². The Kier molecular flexibility index (Phi) is 6.24. The lowest BCUT2D eigenvalue weighted by Gasteiger charge is -2.40. The molecule has 4 aliphatic rings. The maximum Gasteiger partial charge on any atom is 0.250 e. The van der Waals surface area contributed by atoms with Gasteiger partial charge in [0.2, 0.25) is 11.8 Å². The van der Waals surface area contributed by atoms with Crippen molar-refractivity contribution in [2.24, 2.45) is 11.8 Å². The second kappa shape index (κ2) is 9.74. The Hall–Kier alpha value is -3.62. The van der Waals surface area contributed by atoms with E-state index in [9.17, 15) is 9.59 Å². The first kappa shape index (κ1) is 26.3. The van der Waals surface area contributed by atoms with Gasteiger partial charge in [0.1, 0.15) is 11.4 Å². The number of benzene rings is 2. The highest BCUT2D eigenvalue weighted by molar-refractivity contribution is 6.09. The Morgan fingerprint density at radius 3 is 2.71 bits per heavy atom. The van der Waals surface area contributed by atoms with Gasteiger partial charge in [-0.1, -0.05) is 30.3 Å². The maximum atomic E-state index is 16.2. The van der Waals surface area contributed by atoms with Crippen molar-refractivity contribution in [2.75, 3.05) is 30.4 Å². The number of hydrogen-bond donors (Lipinski definition) is 1. The van der Waals surface area contributed by atoms with Crippen LogP contribution in [0.15, 0.2) is 54.7 Å². The molecule has 2 amide bonds. The third kappa shape index (κ3) is 3.95. The predicted molar refractivity (Wildman–Crippen MR) is 154 cm³/mol. The van der Waals surface area contributed by atoms with E-state index in [-0.39, 0.29) is 23.7 Å². The first-order chi connectivity index (χ1) is 19.8. The highest BCUT2D eigenvalue weighted by atomic mass is 19.1. The van der Waals surface area contributed by atoms with Crippen LogP contribution in [0.4, 0.5) is 15.8 Å². The van der Waals surface area contributed by atoms with Crippen molar-refractivity contribution < 1.29 is 18.7 Å². The number of carbonyl (C=O) groups is 2. The van der Waals surface area contributed by atoms with Crippen LogP contribution in [0.1, 0.15) is 53.1 Å². The highest BCUT2D eigenvalue weighted by Gasteiger charge is 2.70. The zero-order chi connectivity index (χ0) is 28.5. The maximum absolute atomic E-state index is 16.2. The molecule has 0 bridgehead atoms. The molecule has 2 aromatic carbocycles. The summed E-state index contributed by atoms with van der Waals surface area (Å²) < 4.78 is 21.5. The summed E-state index contributed by atoms with van der Waals surface area (Å²) in [4.78, 5) is 37.6. The summed E-state index contributed by atoms with van der Waals surface area (Å²) in [5.41, 5.74) is 3.90. The summed E-state index contributed by atoms with van der Waals surface area (Å²) in [5.74, 6) is -1.40. The van der Waals surface area contributed by atoms with E-state index < -0.39 is 17.4 Å². The third-order valence-electron chi connectivity index (χ3n) is 9.57. The minimum atomic E-state index is -1.18. The monoisotopic (exact) mass is 554 g/mol. The first-order valence-corrected chi connectivity index (χ1v) is 14.5. The smallest absolute Gasteiger partial charge is 0.250 e. The standard InChI is InChI=1S/C33H35FN4O3/c1-19-7-10-25-26(15-19)36-32(40)33(25)29(24-6-4-5-20(2)30(24)34)28-27(38(33)17-21-8-9-21)12-14-37(31(28)39)23-11-13-35-22(16-23)18-41-3/h4-7,10-11,13,15-16,21,27-29H,8-9,12,14,17-18H2,1-3H3,(H,36,40)/t27-,28+,29-,33+/m0/s1. The number of halogens is 1. The summed E-state index contributed by atoms with van der Waals surface area (Å²) >= 11 is 0. The van der Waals surface area contributed by atoms with Gasteiger partial charge in [0.25, 0.3) is 0 Å². The van der Waals surface area contributed by atoms with Crippen LogP contribution >= 0.6 is 0 Å². The Morgan fingerprint density at radius 2 is 1.93 bits per heavy atom. The van der Waals surface area contributed by atoms with Gasteiger partial charge < -0.3 is 15.0 Å². The fourth-order valence-corrected chi connectivity index (χ4v) is 7.64. The number of pyridine rings is 1. The van der Waals surface area contributed by atoms with Gasteiger partial charge >= 0.3 is 0 Å². The molecule has 8 heteroatoms. The summed E-state index contributed by atoms with van der Waals surface area (Å²) in [6.07, 6.45) is 4.59. The summed E-state index contributed by atoms with van der Waals surface area (Å²) in [6, 6.07) is 14.9. The zero-order valence-corrected chi connectivity index (χ0v) is 23.7. The second-order valence-electron chi connectivity index (χ2n) is 12.1. The van der Waals surface area contributed by atoms with Crippen LogP contribution in [0.5, 0.6) is 0 Å². The highest BCUT2D eigenvalue weighted by Crippen LogP contribution is 2.62. The fourth-order valence-electron chi connectivity index (χ4n) is 7.64. The molecule has 1 spiro atoms. The van der Waals surface area contributed by atoms with Gasteiger partial charge in [-0.05, 0) is 73.9 Å². The van der Waals surface area contributed by atoms with E-state index in [4.69, 9.17) is 4.74 Å². The van der Waals surface area contributed by atoms with Crippen molar-refractivity contribution in [2.45, 2.75) is 57.2 Å². The van der Waals surface area contributed by atoms with Crippen LogP contribution in [-0.4, -0.2) is 47.9 Å². The SMILES string of the molecule is COCc1cc(N2CC[C@H]3[C@@H](C2=O)[C@H](c2cccc(C)c2F)[C@]2(C(=O)Nc4cc(C)ccc42)N3CC2CC2)ccn1. The van der Waals surface area contributed by atoms with Crippen molar-refractivity contribution in [1.82, 2.24) is 9.88 Å². The molecule has 0 unspecified atom stereocenters. The molecular weight excluding hydrogens is 519 g/mol. The minimum Gasteiger partial charge on any atom is -0.378 e. The molecule has 0 radical (unpaired) electrons. The molecule has 3 aliphatic heterocycles. The molecule has 7 rings (SSSR count). The van der Waals surface area contributed by atoms with Gasteiger partial charge in [-0.15, -0.1) is 0 Å². The number of likely N-dealkylation sites (tertiary alicyclic amines) is 1. The van der Waals surface area contributed by atoms with Gasteiger partial charge in [0, 0.05) is 55.3 Å². The molecule has 4 atom stereocenters. The summed E-state index contributed by atoms with van der Waals surface area (Å²) in [7, 11) is 1.62. The molecule has 41 heavy (non-hydrogen) atoms. The first-order valence-electron chi connectivity index (χ1n) is 14.5. The lowest BCUT2D eigenvalue weighted by Crippen LogP contribution is -2.54. The van der Waals surface area contributed by atoms with Crippen LogP contribution in [0.25, 0.3) is 0 Å². The molecule has 4 heterocycles. The van der Waals surface area contributed by atoms with E-state index in [1.807, 2.05) is 43.3 Å². The number of hydrogen-bond acceptors (Lipinski definition) is 5. The number of nitrogens with zero attached hydrogens (tertiary/aromatic N) is 3. The Bertz CT molecular complexity index is 1560. The zero-order valence-electron chi connectivity index (χ0n) is 23.7. The molecule has 3 fully saturated rings. The van der Waals surface area contributed by atoms with Gasteiger partial charge in [-0.25, -0.2) is 4.39 Å². The molecule has 1 saturated carbocycles. The van der Waals surface area contributed by atoms with Crippen LogP contribution in [-0.2, 0) is 26.5 Å². The number of rotatable bonds is 6. The van der Waals surface area contributed by atoms with Crippen molar-refractivity contribution in [1.29, 1.82) is 0 Å². The number of aryl methyl sites for hydroxylation is 2. The average molecular weight is 555 g/mol. The molecule has 212 valence electrons. The number of nitrogens with one attached hydrogen (secondary N) is 1. The Labute approximate surface area is 239 Å². The van der Waals surface area contributed by atoms with Crippen LogP contribution in [0, 0.1) is 31.5 Å². The number of anilines is 2. The van der Waals surface area contributed by atoms with Crippen molar-refractivity contribution >= 4 is 23.2 Å². The number of ether oxygens (including phenoxy) is 1. The molecular formula is C33H35FN4O3. The lowest BCUT2D eigenvalue weighted by atomic mass is 9.69. The topological polar surface area (TPSA) is 74.8 Å². The van der Waals surface area contributed by atoms with Gasteiger partial charge in [-0.3, -0.25) is 19.5 Å². The lowest BCUT2D eigenvalue weighted by molar-refractivity contribution is -0.128. The van der Waals surface area contributed by atoms with Crippen LogP contribution in [0.2, 0.25) is 0 Å². The number of aromatic nitrogens is 1. The van der Waals surface area contributed by atoms with E-state index in [1.165, 1.54) is 0 Å². The number of fused-ring (bicyclic) bond motifs is 3. The van der Waals surface area contributed by atoms with Gasteiger partial charge in [0.05, 0.1) is 18.2 Å². The van der Waals surface area contributed by atoms with E-state index in [0.29, 0.717) is 43.2 Å². The number of piperidine rings is 1. The molecule has 2 saturated heterocycles. The van der Waals surface area contributed by atoms with Gasteiger partial charge in [-0.2, -0.15) is 0 Å². The molecule has 3 aromatic rings. The minimum absolute atomic E-state index is 0.0762. The number of amides is 2. The van der Waals surface area contributed by atoms with E-state index in [1.54, 1.807) is 37.3 Å². The molecule has 1 aliphatic carbocycles. The van der Waals surface area contributed by atoms with Crippen LogP contribution < -0.4 is 10.2 Å². The number of carbonyl (C=O) groups excluding carboxylic acids is 2. The normalized spacial score (nSPS) is 27.3. The molecule has 1 N–H and O–H groups in total. The largest absolute Gasteiger partial charge is 0.378 e. The Morgan fingerprint density at radius 1 is 1.10 bits per heavy atom. The molecule has 1 aromatic heterocycles. The Balaban J connectivity index is 1.44. The summed E-state index contributed by atoms with van der Waals surface area (Å²) in [5, 5.41) is 3.17. The predicted octanol–water partition coefficient (Wildman–Crippen LogP) is 5.06. The van der Waals surface area contributed by atoms with Crippen molar-refractivity contribution in [3.8, 4) is 0 Å². The average Bonchev–Trinajstić information content (AvgIpc) is 3.67. The molecule has 7 nitrogen and oxygen atoms in total. The van der Waals surface area contributed by atoms with E-state index in [2.05, 4.69) is 15.2 Å². The van der Waals surface area contributed by atoms with Crippen molar-refractivity contribution in [3.05, 3.63) is 88.5 Å². The van der Waals surface area contributed by atoms with E-state index in [0.717, 1.165) is 41.0 Å². The van der Waals surface area contributed by atoms with E-state index >= 15 is 4.39 Å². The quantitative estimate of drug-likeness (QED) is 0.461. The van der Waals surface area contributed by atoms with Gasteiger partial charge in [0.15, 0.2) is 0 Å². The fraction of sp³-hybridized carbons (Fsp3) is 0.424. The third-order valence-corrected chi connectivity index (χ3v) is 9.57.